The molecule has 0 aliphatic carbocycles. The number of fused-ring (bicyclic) bond motifs is 1. The topological polar surface area (TPSA) is 43.6 Å². The van der Waals surface area contributed by atoms with Crippen molar-refractivity contribution in [1.29, 1.82) is 0 Å². The largest absolute Gasteiger partial charge is 0.487 e. The average molecular weight is 272 g/mol. The number of Topliss-reactive ketones (excluding diaryl/α,β-unsaturated/α-hetero) is 1. The summed E-state index contributed by atoms with van der Waals surface area (Å²) in [6.45, 7) is 1.94. The molecule has 3 aromatic rings. The Balaban J connectivity index is 1.73. The van der Waals surface area contributed by atoms with Gasteiger partial charge in [0.2, 0.25) is 0 Å². The second-order valence-corrected chi connectivity index (χ2v) is 5.07. The van der Waals surface area contributed by atoms with E-state index in [0.717, 1.165) is 10.7 Å². The summed E-state index contributed by atoms with van der Waals surface area (Å²) < 4.78 is 7.63. The summed E-state index contributed by atoms with van der Waals surface area (Å²) in [6.07, 6.45) is 3.91. The number of carbonyl (C=O) groups is 1. The van der Waals surface area contributed by atoms with Gasteiger partial charge in [0, 0.05) is 23.3 Å². The number of rotatable bonds is 4. The average Bonchev–Trinajstić information content (AvgIpc) is 2.97. The summed E-state index contributed by atoms with van der Waals surface area (Å²) in [6, 6.07) is 7.19. The molecule has 0 amide bonds. The van der Waals surface area contributed by atoms with E-state index in [2.05, 4.69) is 4.98 Å². The maximum absolute atomic E-state index is 11.3. The van der Waals surface area contributed by atoms with Gasteiger partial charge in [-0.3, -0.25) is 9.20 Å². The number of thiazole rings is 1. The number of carbonyl (C=O) groups excluding carboxylic acids is 1. The van der Waals surface area contributed by atoms with E-state index in [1.807, 2.05) is 34.3 Å². The van der Waals surface area contributed by atoms with Crippen molar-refractivity contribution in [1.82, 2.24) is 9.38 Å². The van der Waals surface area contributed by atoms with Gasteiger partial charge in [0.25, 0.3) is 0 Å². The van der Waals surface area contributed by atoms with E-state index in [1.54, 1.807) is 30.4 Å². The Morgan fingerprint density at radius 3 is 3.16 bits per heavy atom. The Labute approximate surface area is 114 Å². The van der Waals surface area contributed by atoms with Gasteiger partial charge in [-0.2, -0.15) is 0 Å². The van der Waals surface area contributed by atoms with Crippen LogP contribution in [0.5, 0.6) is 5.75 Å². The van der Waals surface area contributed by atoms with E-state index in [4.69, 9.17) is 4.74 Å². The van der Waals surface area contributed by atoms with E-state index in [0.29, 0.717) is 17.9 Å². The summed E-state index contributed by atoms with van der Waals surface area (Å²) in [5.74, 6) is 0.719. The standard InChI is InChI=1S/C14H12N2O2S/c1-10(17)11-3-2-4-13(7-11)18-9-12-8-16-5-6-19-14(16)15-12/h2-8H,9H2,1H3. The molecule has 19 heavy (non-hydrogen) atoms. The molecule has 3 rings (SSSR count). The van der Waals surface area contributed by atoms with Gasteiger partial charge in [-0.25, -0.2) is 4.98 Å². The molecule has 0 bridgehead atoms. The van der Waals surface area contributed by atoms with E-state index in [9.17, 15) is 4.79 Å². The highest BCUT2D eigenvalue weighted by atomic mass is 32.1. The molecule has 0 N–H and O–H groups in total. The number of ketones is 1. The van der Waals surface area contributed by atoms with Gasteiger partial charge in [-0.1, -0.05) is 12.1 Å². The fourth-order valence-electron chi connectivity index (χ4n) is 1.81. The molecule has 5 heteroatoms. The van der Waals surface area contributed by atoms with Crippen molar-refractivity contribution in [2.24, 2.45) is 0 Å². The minimum Gasteiger partial charge on any atom is -0.487 e. The summed E-state index contributed by atoms with van der Waals surface area (Å²) in [7, 11) is 0. The quantitative estimate of drug-likeness (QED) is 0.685. The monoisotopic (exact) mass is 272 g/mol. The van der Waals surface area contributed by atoms with Gasteiger partial charge in [-0.05, 0) is 19.1 Å². The van der Waals surface area contributed by atoms with Crippen LogP contribution in [0, 0.1) is 0 Å². The molecular formula is C14H12N2O2S. The smallest absolute Gasteiger partial charge is 0.193 e. The van der Waals surface area contributed by atoms with Gasteiger partial charge < -0.3 is 4.74 Å². The molecule has 0 aliphatic rings. The SMILES string of the molecule is CC(=O)c1cccc(OCc2cn3ccsc3n2)c1. The van der Waals surface area contributed by atoms with Crippen LogP contribution in [0.3, 0.4) is 0 Å². The van der Waals surface area contributed by atoms with Crippen LogP contribution in [0.25, 0.3) is 4.96 Å². The molecule has 0 saturated carbocycles. The lowest BCUT2D eigenvalue weighted by molar-refractivity contribution is 0.101. The van der Waals surface area contributed by atoms with Gasteiger partial charge in [0.15, 0.2) is 10.7 Å². The van der Waals surface area contributed by atoms with Crippen molar-refractivity contribution < 1.29 is 9.53 Å². The molecule has 0 fully saturated rings. The first-order chi connectivity index (χ1) is 9.22. The van der Waals surface area contributed by atoms with Crippen molar-refractivity contribution in [3.05, 3.63) is 53.3 Å². The normalized spacial score (nSPS) is 10.8. The highest BCUT2D eigenvalue weighted by molar-refractivity contribution is 7.15. The number of benzene rings is 1. The predicted octanol–water partition coefficient (Wildman–Crippen LogP) is 3.18. The maximum atomic E-state index is 11.3. The zero-order chi connectivity index (χ0) is 13.2. The zero-order valence-corrected chi connectivity index (χ0v) is 11.2. The first-order valence-corrected chi connectivity index (χ1v) is 6.75. The summed E-state index contributed by atoms with van der Waals surface area (Å²) in [4.78, 5) is 16.7. The molecule has 2 heterocycles. The van der Waals surface area contributed by atoms with Crippen LogP contribution < -0.4 is 4.74 Å². The summed E-state index contributed by atoms with van der Waals surface area (Å²) in [5, 5.41) is 1.99. The van der Waals surface area contributed by atoms with Crippen molar-refractivity contribution in [2.45, 2.75) is 13.5 Å². The lowest BCUT2D eigenvalue weighted by Gasteiger charge is -2.05. The van der Waals surface area contributed by atoms with Crippen LogP contribution in [0.15, 0.2) is 42.0 Å². The van der Waals surface area contributed by atoms with Crippen LogP contribution >= 0.6 is 11.3 Å². The highest BCUT2D eigenvalue weighted by Crippen LogP contribution is 2.17. The van der Waals surface area contributed by atoms with Crippen LogP contribution in [-0.4, -0.2) is 15.2 Å². The molecule has 0 atom stereocenters. The minimum atomic E-state index is 0.0351. The second kappa shape index (κ2) is 4.85. The Bertz CT molecular complexity index is 701. The molecule has 1 aromatic carbocycles. The highest BCUT2D eigenvalue weighted by Gasteiger charge is 2.05. The number of nitrogens with zero attached hydrogens (tertiary/aromatic N) is 2. The molecule has 0 unspecified atom stereocenters. The minimum absolute atomic E-state index is 0.0351. The zero-order valence-electron chi connectivity index (χ0n) is 10.4. The Kier molecular flexibility index (Phi) is 3.05. The van der Waals surface area contributed by atoms with E-state index in [1.165, 1.54) is 0 Å². The van der Waals surface area contributed by atoms with E-state index >= 15 is 0 Å². The second-order valence-electron chi connectivity index (χ2n) is 4.20. The Morgan fingerprint density at radius 1 is 1.47 bits per heavy atom. The van der Waals surface area contributed by atoms with Crippen molar-refractivity contribution >= 4 is 22.1 Å². The van der Waals surface area contributed by atoms with Crippen molar-refractivity contribution in [2.75, 3.05) is 0 Å². The van der Waals surface area contributed by atoms with Gasteiger partial charge in [0.1, 0.15) is 12.4 Å². The Morgan fingerprint density at radius 2 is 2.37 bits per heavy atom. The summed E-state index contributed by atoms with van der Waals surface area (Å²) in [5.41, 5.74) is 1.53. The van der Waals surface area contributed by atoms with Crippen molar-refractivity contribution in [3.63, 3.8) is 0 Å². The molecule has 4 nitrogen and oxygen atoms in total. The molecule has 0 saturated heterocycles. The van der Waals surface area contributed by atoms with Crippen molar-refractivity contribution in [3.8, 4) is 5.75 Å². The molecule has 2 aromatic heterocycles. The third kappa shape index (κ3) is 2.51. The van der Waals surface area contributed by atoms with Crippen LogP contribution in [0.4, 0.5) is 0 Å². The first-order valence-electron chi connectivity index (χ1n) is 5.87. The number of hydrogen-bond donors (Lipinski definition) is 0. The predicted molar refractivity (Wildman–Crippen MR) is 73.8 cm³/mol. The van der Waals surface area contributed by atoms with E-state index in [-0.39, 0.29) is 5.78 Å². The van der Waals surface area contributed by atoms with Crippen LogP contribution in [0.1, 0.15) is 23.0 Å². The van der Waals surface area contributed by atoms with Crippen LogP contribution in [-0.2, 0) is 6.61 Å². The summed E-state index contributed by atoms with van der Waals surface area (Å²) >= 11 is 1.59. The maximum Gasteiger partial charge on any atom is 0.193 e. The number of hydrogen-bond acceptors (Lipinski definition) is 4. The number of ether oxygens (including phenoxy) is 1. The molecular weight excluding hydrogens is 260 g/mol. The lowest BCUT2D eigenvalue weighted by atomic mass is 10.1. The Hall–Kier alpha value is -2.14. The van der Waals surface area contributed by atoms with E-state index < -0.39 is 0 Å². The lowest BCUT2D eigenvalue weighted by Crippen LogP contribution is -1.97. The number of imidazole rings is 1. The number of aromatic nitrogens is 2. The third-order valence-corrected chi connectivity index (χ3v) is 3.54. The van der Waals surface area contributed by atoms with Crippen LogP contribution in [0.2, 0.25) is 0 Å². The molecule has 0 aliphatic heterocycles. The molecule has 0 spiro atoms. The molecule has 0 radical (unpaired) electrons. The van der Waals surface area contributed by atoms with Gasteiger partial charge in [-0.15, -0.1) is 11.3 Å². The van der Waals surface area contributed by atoms with Gasteiger partial charge >= 0.3 is 0 Å². The first kappa shape index (κ1) is 11.9. The molecule has 96 valence electrons. The third-order valence-electron chi connectivity index (χ3n) is 2.77. The fraction of sp³-hybridized carbons (Fsp3) is 0.143. The fourth-order valence-corrected chi connectivity index (χ4v) is 2.53. The van der Waals surface area contributed by atoms with Gasteiger partial charge in [0.05, 0.1) is 5.69 Å².